The van der Waals surface area contributed by atoms with Gasteiger partial charge in [0.15, 0.2) is 0 Å². The standard InChI is InChI=1S/C15H18O2/c1-2-17-15(16)14-10-6-9-13(11-14)12-7-4-3-5-8-12/h3-5,7-8,11,14H,2,6,9-10H2,1H3. The quantitative estimate of drug-likeness (QED) is 0.743. The van der Waals surface area contributed by atoms with Gasteiger partial charge in [0.2, 0.25) is 0 Å². The van der Waals surface area contributed by atoms with Crippen LogP contribution < -0.4 is 0 Å². The third kappa shape index (κ3) is 2.96. The average molecular weight is 230 g/mol. The molecule has 0 bridgehead atoms. The van der Waals surface area contributed by atoms with Gasteiger partial charge in [-0.2, -0.15) is 0 Å². The average Bonchev–Trinajstić information content (AvgIpc) is 2.40. The first-order valence-electron chi connectivity index (χ1n) is 6.24. The third-order valence-electron chi connectivity index (χ3n) is 3.10. The first kappa shape index (κ1) is 11.9. The SMILES string of the molecule is CCOC(=O)C1C=C(c2ccccc2)CCC1. The second-order valence-electron chi connectivity index (χ2n) is 4.31. The zero-order valence-corrected chi connectivity index (χ0v) is 10.2. The highest BCUT2D eigenvalue weighted by atomic mass is 16.5. The Hall–Kier alpha value is -1.57. The molecule has 1 atom stereocenters. The molecule has 0 aliphatic heterocycles. The molecule has 1 aromatic carbocycles. The molecule has 1 aliphatic rings. The van der Waals surface area contributed by atoms with E-state index in [1.807, 2.05) is 25.1 Å². The fourth-order valence-electron chi connectivity index (χ4n) is 2.25. The number of esters is 1. The van der Waals surface area contributed by atoms with Gasteiger partial charge >= 0.3 is 5.97 Å². The Bertz CT molecular complexity index is 406. The van der Waals surface area contributed by atoms with Crippen molar-refractivity contribution in [2.75, 3.05) is 6.61 Å². The van der Waals surface area contributed by atoms with Gasteiger partial charge in [0.1, 0.15) is 0 Å². The summed E-state index contributed by atoms with van der Waals surface area (Å²) in [6.45, 7) is 2.31. The van der Waals surface area contributed by atoms with Crippen molar-refractivity contribution < 1.29 is 9.53 Å². The van der Waals surface area contributed by atoms with Gasteiger partial charge in [0, 0.05) is 0 Å². The molecule has 0 N–H and O–H groups in total. The lowest BCUT2D eigenvalue weighted by molar-refractivity contribution is -0.146. The van der Waals surface area contributed by atoms with Crippen molar-refractivity contribution in [1.82, 2.24) is 0 Å². The number of rotatable bonds is 3. The maximum atomic E-state index is 11.7. The summed E-state index contributed by atoms with van der Waals surface area (Å²) in [6.07, 6.45) is 5.11. The molecule has 2 rings (SSSR count). The van der Waals surface area contributed by atoms with E-state index in [4.69, 9.17) is 4.74 Å². The van der Waals surface area contributed by atoms with E-state index in [2.05, 4.69) is 18.2 Å². The van der Waals surface area contributed by atoms with Crippen molar-refractivity contribution in [3.63, 3.8) is 0 Å². The molecule has 2 heteroatoms. The van der Waals surface area contributed by atoms with Gasteiger partial charge in [-0.1, -0.05) is 36.4 Å². The molecular formula is C15H18O2. The fourth-order valence-corrected chi connectivity index (χ4v) is 2.25. The van der Waals surface area contributed by atoms with E-state index in [1.54, 1.807) is 0 Å². The van der Waals surface area contributed by atoms with Crippen molar-refractivity contribution >= 4 is 11.5 Å². The largest absolute Gasteiger partial charge is 0.466 e. The van der Waals surface area contributed by atoms with Crippen LogP contribution in [0.4, 0.5) is 0 Å². The predicted octanol–water partition coefficient (Wildman–Crippen LogP) is 3.43. The van der Waals surface area contributed by atoms with Crippen LogP contribution in [-0.4, -0.2) is 12.6 Å². The lowest BCUT2D eigenvalue weighted by atomic mass is 9.87. The van der Waals surface area contributed by atoms with Crippen LogP contribution >= 0.6 is 0 Å². The molecule has 1 unspecified atom stereocenters. The summed E-state index contributed by atoms with van der Waals surface area (Å²) in [7, 11) is 0. The van der Waals surface area contributed by atoms with Crippen molar-refractivity contribution in [3.8, 4) is 0 Å². The van der Waals surface area contributed by atoms with E-state index in [9.17, 15) is 4.79 Å². The number of allylic oxidation sites excluding steroid dienone is 1. The Morgan fingerprint density at radius 2 is 2.12 bits per heavy atom. The molecular weight excluding hydrogens is 212 g/mol. The zero-order chi connectivity index (χ0) is 12.1. The third-order valence-corrected chi connectivity index (χ3v) is 3.10. The van der Waals surface area contributed by atoms with E-state index in [0.717, 1.165) is 19.3 Å². The van der Waals surface area contributed by atoms with Crippen LogP contribution in [-0.2, 0) is 9.53 Å². The molecule has 0 heterocycles. The van der Waals surface area contributed by atoms with Gasteiger partial charge in [-0.15, -0.1) is 0 Å². The number of hydrogen-bond acceptors (Lipinski definition) is 2. The molecule has 0 amide bonds. The Labute approximate surface area is 102 Å². The first-order valence-corrected chi connectivity index (χ1v) is 6.24. The van der Waals surface area contributed by atoms with Crippen LogP contribution in [0.5, 0.6) is 0 Å². The van der Waals surface area contributed by atoms with Crippen LogP contribution in [0.25, 0.3) is 5.57 Å². The summed E-state index contributed by atoms with van der Waals surface area (Å²) in [5.41, 5.74) is 2.50. The van der Waals surface area contributed by atoms with E-state index in [0.29, 0.717) is 6.61 Å². The van der Waals surface area contributed by atoms with E-state index >= 15 is 0 Å². The van der Waals surface area contributed by atoms with Crippen LogP contribution in [0.15, 0.2) is 36.4 Å². The minimum absolute atomic E-state index is 0.0566. The minimum atomic E-state index is -0.0827. The lowest BCUT2D eigenvalue weighted by Gasteiger charge is -2.20. The van der Waals surface area contributed by atoms with Crippen LogP contribution in [0.2, 0.25) is 0 Å². The minimum Gasteiger partial charge on any atom is -0.466 e. The summed E-state index contributed by atoms with van der Waals surface area (Å²) in [5.74, 6) is -0.139. The summed E-state index contributed by atoms with van der Waals surface area (Å²) in [5, 5.41) is 0. The molecule has 2 nitrogen and oxygen atoms in total. The Morgan fingerprint density at radius 3 is 2.82 bits per heavy atom. The number of ether oxygens (including phenoxy) is 1. The summed E-state index contributed by atoms with van der Waals surface area (Å²) in [4.78, 5) is 11.7. The van der Waals surface area contributed by atoms with E-state index in [1.165, 1.54) is 11.1 Å². The molecule has 0 spiro atoms. The van der Waals surface area contributed by atoms with Gasteiger partial charge < -0.3 is 4.74 Å². The summed E-state index contributed by atoms with van der Waals surface area (Å²) < 4.78 is 5.08. The Balaban J connectivity index is 2.16. The predicted molar refractivity (Wildman–Crippen MR) is 68.4 cm³/mol. The molecule has 17 heavy (non-hydrogen) atoms. The van der Waals surface area contributed by atoms with Crippen LogP contribution in [0.3, 0.4) is 0 Å². The number of benzene rings is 1. The number of carbonyl (C=O) groups is 1. The smallest absolute Gasteiger partial charge is 0.312 e. The molecule has 0 radical (unpaired) electrons. The monoisotopic (exact) mass is 230 g/mol. The zero-order valence-electron chi connectivity index (χ0n) is 10.2. The van der Waals surface area contributed by atoms with Gasteiger partial charge in [0.05, 0.1) is 12.5 Å². The first-order chi connectivity index (χ1) is 8.31. The number of hydrogen-bond donors (Lipinski definition) is 0. The topological polar surface area (TPSA) is 26.3 Å². The molecule has 1 aliphatic carbocycles. The van der Waals surface area contributed by atoms with Crippen molar-refractivity contribution in [2.24, 2.45) is 5.92 Å². The van der Waals surface area contributed by atoms with Gasteiger partial charge in [0.25, 0.3) is 0 Å². The lowest BCUT2D eigenvalue weighted by Crippen LogP contribution is -2.18. The highest BCUT2D eigenvalue weighted by Crippen LogP contribution is 2.30. The molecule has 90 valence electrons. The molecule has 1 aromatic rings. The summed E-state index contributed by atoms with van der Waals surface area (Å²) >= 11 is 0. The number of carbonyl (C=O) groups excluding carboxylic acids is 1. The normalized spacial score (nSPS) is 19.6. The maximum absolute atomic E-state index is 11.7. The van der Waals surface area contributed by atoms with Gasteiger partial charge in [-0.3, -0.25) is 4.79 Å². The maximum Gasteiger partial charge on any atom is 0.312 e. The van der Waals surface area contributed by atoms with Gasteiger partial charge in [-0.05, 0) is 37.3 Å². The molecule has 0 aromatic heterocycles. The highest BCUT2D eigenvalue weighted by molar-refractivity contribution is 5.79. The van der Waals surface area contributed by atoms with Crippen molar-refractivity contribution in [3.05, 3.63) is 42.0 Å². The van der Waals surface area contributed by atoms with Crippen LogP contribution in [0, 0.1) is 5.92 Å². The van der Waals surface area contributed by atoms with E-state index < -0.39 is 0 Å². The molecule has 0 saturated carbocycles. The van der Waals surface area contributed by atoms with Crippen LogP contribution in [0.1, 0.15) is 31.7 Å². The van der Waals surface area contributed by atoms with E-state index in [-0.39, 0.29) is 11.9 Å². The second-order valence-corrected chi connectivity index (χ2v) is 4.31. The molecule has 0 saturated heterocycles. The fraction of sp³-hybridized carbons (Fsp3) is 0.400. The van der Waals surface area contributed by atoms with Gasteiger partial charge in [-0.25, -0.2) is 0 Å². The second kappa shape index (κ2) is 5.67. The summed E-state index contributed by atoms with van der Waals surface area (Å²) in [6, 6.07) is 10.3. The van der Waals surface area contributed by atoms with Crippen molar-refractivity contribution in [2.45, 2.75) is 26.2 Å². The Morgan fingerprint density at radius 1 is 1.35 bits per heavy atom. The van der Waals surface area contributed by atoms with Crippen molar-refractivity contribution in [1.29, 1.82) is 0 Å². The highest BCUT2D eigenvalue weighted by Gasteiger charge is 2.21. The Kier molecular flexibility index (Phi) is 3.97. The molecule has 0 fully saturated rings.